The molecule has 17 heavy (non-hydrogen) atoms. The molecule has 2 N–H and O–H groups in total. The van der Waals surface area contributed by atoms with E-state index in [4.69, 9.17) is 10.5 Å². The van der Waals surface area contributed by atoms with Gasteiger partial charge in [0.1, 0.15) is 10.7 Å². The molecular formula is C11H17N3O2S. The number of ether oxygens (including phenoxy) is 1. The van der Waals surface area contributed by atoms with Gasteiger partial charge in [-0.25, -0.2) is 4.98 Å². The van der Waals surface area contributed by atoms with Crippen LogP contribution in [0.5, 0.6) is 0 Å². The summed E-state index contributed by atoms with van der Waals surface area (Å²) in [6.45, 7) is 2.67. The Morgan fingerprint density at radius 2 is 2.59 bits per heavy atom. The van der Waals surface area contributed by atoms with Crippen molar-refractivity contribution >= 4 is 17.2 Å². The van der Waals surface area contributed by atoms with Crippen molar-refractivity contribution in [3.8, 4) is 0 Å². The van der Waals surface area contributed by atoms with Gasteiger partial charge in [0, 0.05) is 38.0 Å². The zero-order valence-corrected chi connectivity index (χ0v) is 10.7. The van der Waals surface area contributed by atoms with Crippen LogP contribution >= 0.6 is 11.3 Å². The van der Waals surface area contributed by atoms with Gasteiger partial charge in [-0.15, -0.1) is 11.3 Å². The number of hydrogen-bond donors (Lipinski definition) is 1. The lowest BCUT2D eigenvalue weighted by Crippen LogP contribution is -2.29. The number of likely N-dealkylation sites (tertiary alicyclic amines) is 1. The summed E-state index contributed by atoms with van der Waals surface area (Å²) < 4.78 is 5.11. The Bertz CT molecular complexity index is 394. The summed E-state index contributed by atoms with van der Waals surface area (Å²) >= 11 is 1.44. The normalized spacial score (nSPS) is 19.9. The minimum absolute atomic E-state index is 0.0135. The summed E-state index contributed by atoms with van der Waals surface area (Å²) in [6, 6.07) is 0. The number of carbonyl (C=O) groups excluding carboxylic acids is 1. The molecule has 0 radical (unpaired) electrons. The van der Waals surface area contributed by atoms with Gasteiger partial charge in [-0.05, 0) is 6.42 Å². The molecule has 2 rings (SSSR count). The maximum absolute atomic E-state index is 12.1. The summed E-state index contributed by atoms with van der Waals surface area (Å²) in [5, 5.41) is 2.59. The largest absolute Gasteiger partial charge is 0.384 e. The van der Waals surface area contributed by atoms with Gasteiger partial charge < -0.3 is 15.4 Å². The van der Waals surface area contributed by atoms with Crippen LogP contribution in [-0.2, 0) is 11.3 Å². The molecule has 0 saturated carbocycles. The highest BCUT2D eigenvalue weighted by atomic mass is 32.1. The molecule has 6 heteroatoms. The second-order valence-corrected chi connectivity index (χ2v) is 5.13. The van der Waals surface area contributed by atoms with Crippen molar-refractivity contribution in [2.75, 3.05) is 26.8 Å². The fourth-order valence-electron chi connectivity index (χ4n) is 2.05. The van der Waals surface area contributed by atoms with E-state index >= 15 is 0 Å². The van der Waals surface area contributed by atoms with E-state index in [1.165, 1.54) is 11.3 Å². The lowest BCUT2D eigenvalue weighted by atomic mass is 10.1. The molecule has 0 spiro atoms. The minimum atomic E-state index is 0.0135. The number of methoxy groups -OCH3 is 1. The third kappa shape index (κ3) is 2.83. The van der Waals surface area contributed by atoms with Crippen LogP contribution in [0.4, 0.5) is 0 Å². The number of hydrogen-bond acceptors (Lipinski definition) is 5. The quantitative estimate of drug-likeness (QED) is 0.860. The molecule has 1 aromatic rings. The topological polar surface area (TPSA) is 68.5 Å². The van der Waals surface area contributed by atoms with E-state index in [1.54, 1.807) is 12.5 Å². The van der Waals surface area contributed by atoms with Crippen molar-refractivity contribution in [3.63, 3.8) is 0 Å². The SMILES string of the molecule is COCC1CCN(C(=O)c2csc(CN)n2)C1. The van der Waals surface area contributed by atoms with Crippen LogP contribution < -0.4 is 5.73 Å². The number of aromatic nitrogens is 1. The Kier molecular flexibility index (Phi) is 4.09. The van der Waals surface area contributed by atoms with Gasteiger partial charge in [-0.1, -0.05) is 0 Å². The first kappa shape index (κ1) is 12.5. The number of nitrogens with two attached hydrogens (primary N) is 1. The van der Waals surface area contributed by atoms with Crippen molar-refractivity contribution in [3.05, 3.63) is 16.1 Å². The van der Waals surface area contributed by atoms with Gasteiger partial charge in [0.2, 0.25) is 0 Å². The average molecular weight is 255 g/mol. The second-order valence-electron chi connectivity index (χ2n) is 4.19. The van der Waals surface area contributed by atoms with Crippen LogP contribution in [-0.4, -0.2) is 42.6 Å². The van der Waals surface area contributed by atoms with Crippen LogP contribution in [0, 0.1) is 5.92 Å². The minimum Gasteiger partial charge on any atom is -0.384 e. The van der Waals surface area contributed by atoms with E-state index in [0.29, 0.717) is 18.2 Å². The molecule has 1 amide bonds. The first-order valence-electron chi connectivity index (χ1n) is 5.67. The zero-order chi connectivity index (χ0) is 12.3. The standard InChI is InChI=1S/C11H17N3O2S/c1-16-6-8-2-3-14(5-8)11(15)9-7-17-10(4-12)13-9/h7-8H,2-6,12H2,1H3. The molecule has 1 unspecified atom stereocenters. The zero-order valence-electron chi connectivity index (χ0n) is 9.89. The third-order valence-corrected chi connectivity index (χ3v) is 3.79. The number of carbonyl (C=O) groups is 1. The molecule has 0 bridgehead atoms. The maximum atomic E-state index is 12.1. The monoisotopic (exact) mass is 255 g/mol. The van der Waals surface area contributed by atoms with Crippen molar-refractivity contribution in [1.29, 1.82) is 0 Å². The second kappa shape index (κ2) is 5.57. The number of rotatable bonds is 4. The van der Waals surface area contributed by atoms with Crippen molar-refractivity contribution in [2.24, 2.45) is 11.7 Å². The molecule has 2 heterocycles. The van der Waals surface area contributed by atoms with E-state index in [0.717, 1.165) is 31.1 Å². The van der Waals surface area contributed by atoms with E-state index in [1.807, 2.05) is 4.90 Å². The summed E-state index contributed by atoms with van der Waals surface area (Å²) in [4.78, 5) is 18.2. The average Bonchev–Trinajstić information content (AvgIpc) is 2.97. The van der Waals surface area contributed by atoms with E-state index in [2.05, 4.69) is 4.98 Å². The molecule has 0 aliphatic carbocycles. The third-order valence-electron chi connectivity index (χ3n) is 2.92. The maximum Gasteiger partial charge on any atom is 0.273 e. The van der Waals surface area contributed by atoms with Crippen LogP contribution in [0.15, 0.2) is 5.38 Å². The number of nitrogens with zero attached hydrogens (tertiary/aromatic N) is 2. The fourth-order valence-corrected chi connectivity index (χ4v) is 2.70. The molecule has 1 aromatic heterocycles. The van der Waals surface area contributed by atoms with Crippen LogP contribution in [0.1, 0.15) is 21.9 Å². The molecule has 1 atom stereocenters. The van der Waals surface area contributed by atoms with Gasteiger partial charge in [-0.3, -0.25) is 4.79 Å². The Hall–Kier alpha value is -0.980. The molecular weight excluding hydrogens is 238 g/mol. The van der Waals surface area contributed by atoms with E-state index in [9.17, 15) is 4.79 Å². The first-order chi connectivity index (χ1) is 8.24. The number of thiazole rings is 1. The van der Waals surface area contributed by atoms with Crippen LogP contribution in [0.3, 0.4) is 0 Å². The molecule has 1 saturated heterocycles. The molecule has 94 valence electrons. The summed E-state index contributed by atoms with van der Waals surface area (Å²) in [5.41, 5.74) is 6.01. The molecule has 1 aliphatic rings. The molecule has 1 fully saturated rings. The summed E-state index contributed by atoms with van der Waals surface area (Å²) in [5.74, 6) is 0.469. The lowest BCUT2D eigenvalue weighted by Gasteiger charge is -2.14. The van der Waals surface area contributed by atoms with Crippen molar-refractivity contribution in [1.82, 2.24) is 9.88 Å². The Balaban J connectivity index is 1.96. The van der Waals surface area contributed by atoms with Gasteiger partial charge in [0.25, 0.3) is 5.91 Å². The van der Waals surface area contributed by atoms with Gasteiger partial charge >= 0.3 is 0 Å². The van der Waals surface area contributed by atoms with Gasteiger partial charge in [0.15, 0.2) is 0 Å². The first-order valence-corrected chi connectivity index (χ1v) is 6.55. The van der Waals surface area contributed by atoms with E-state index in [-0.39, 0.29) is 5.91 Å². The molecule has 5 nitrogen and oxygen atoms in total. The molecule has 0 aromatic carbocycles. The number of amides is 1. The molecule has 1 aliphatic heterocycles. The Morgan fingerprint density at radius 1 is 1.76 bits per heavy atom. The van der Waals surface area contributed by atoms with Crippen LogP contribution in [0.25, 0.3) is 0 Å². The van der Waals surface area contributed by atoms with Gasteiger partial charge in [-0.2, -0.15) is 0 Å². The van der Waals surface area contributed by atoms with Crippen molar-refractivity contribution in [2.45, 2.75) is 13.0 Å². The van der Waals surface area contributed by atoms with Gasteiger partial charge in [0.05, 0.1) is 6.61 Å². The summed E-state index contributed by atoms with van der Waals surface area (Å²) in [7, 11) is 1.69. The Labute approximate surface area is 105 Å². The lowest BCUT2D eigenvalue weighted by molar-refractivity contribution is 0.0770. The fraction of sp³-hybridized carbons (Fsp3) is 0.636. The highest BCUT2D eigenvalue weighted by Crippen LogP contribution is 2.19. The smallest absolute Gasteiger partial charge is 0.273 e. The summed E-state index contributed by atoms with van der Waals surface area (Å²) in [6.07, 6.45) is 1.01. The highest BCUT2D eigenvalue weighted by molar-refractivity contribution is 7.09. The van der Waals surface area contributed by atoms with Crippen molar-refractivity contribution < 1.29 is 9.53 Å². The Morgan fingerprint density at radius 3 is 3.24 bits per heavy atom. The van der Waals surface area contributed by atoms with E-state index < -0.39 is 0 Å². The predicted molar refractivity (Wildman–Crippen MR) is 65.9 cm³/mol. The highest BCUT2D eigenvalue weighted by Gasteiger charge is 2.27. The predicted octanol–water partition coefficient (Wildman–Crippen LogP) is 0.710. The van der Waals surface area contributed by atoms with Crippen LogP contribution in [0.2, 0.25) is 0 Å².